The number of carbonyl (C=O) groups is 1. The lowest BCUT2D eigenvalue weighted by Crippen LogP contribution is -2.16. The second kappa shape index (κ2) is 12.2. The van der Waals surface area contributed by atoms with E-state index in [2.05, 4.69) is 49.5 Å². The van der Waals surface area contributed by atoms with Gasteiger partial charge in [0.1, 0.15) is 0 Å². The highest BCUT2D eigenvalue weighted by Crippen LogP contribution is 2.22. The molecule has 2 N–H and O–H groups in total. The lowest BCUT2D eigenvalue weighted by atomic mass is 10.4. The summed E-state index contributed by atoms with van der Waals surface area (Å²) in [6.45, 7) is 7.86. The van der Waals surface area contributed by atoms with Crippen molar-refractivity contribution in [3.63, 3.8) is 0 Å². The van der Waals surface area contributed by atoms with E-state index in [9.17, 15) is 4.79 Å². The van der Waals surface area contributed by atoms with E-state index in [1.807, 2.05) is 13.0 Å². The molecule has 1 aromatic heterocycles. The first kappa shape index (κ1) is 19.4. The first-order chi connectivity index (χ1) is 9.99. The average molecular weight is 370 g/mol. The normalized spacial score (nSPS) is 10.2. The minimum Gasteiger partial charge on any atom is -0.358 e. The fraction of sp³-hybridized carbons (Fsp3) is 0.333. The van der Waals surface area contributed by atoms with Crippen LogP contribution in [0, 0.1) is 11.8 Å². The van der Waals surface area contributed by atoms with Crippen molar-refractivity contribution in [2.24, 2.45) is 0 Å². The lowest BCUT2D eigenvalue weighted by molar-refractivity contribution is -0.118. The third kappa shape index (κ3) is 11.9. The Morgan fingerprint density at radius 1 is 1.52 bits per heavy atom. The summed E-state index contributed by atoms with van der Waals surface area (Å²) in [5, 5.41) is 6.71. The maximum Gasteiger partial charge on any atom is 0.221 e. The maximum atomic E-state index is 10.4. The number of nitrogens with one attached hydrogen (secondary N) is 2. The van der Waals surface area contributed by atoms with Crippen LogP contribution in [0.3, 0.4) is 0 Å². The van der Waals surface area contributed by atoms with Crippen LogP contribution in [-0.4, -0.2) is 17.4 Å². The fourth-order valence-corrected chi connectivity index (χ4v) is 2.21. The highest BCUT2D eigenvalue weighted by molar-refractivity contribution is 9.11. The highest BCUT2D eigenvalue weighted by Gasteiger charge is 1.94. The molecule has 21 heavy (non-hydrogen) atoms. The fourth-order valence-electron chi connectivity index (χ4n) is 1.09. The Morgan fingerprint density at radius 3 is 2.71 bits per heavy atom. The summed E-state index contributed by atoms with van der Waals surface area (Å²) in [5.74, 6) is 5.36. The van der Waals surface area contributed by atoms with Crippen molar-refractivity contribution in [1.82, 2.24) is 10.3 Å². The van der Waals surface area contributed by atoms with Gasteiger partial charge in [-0.15, -0.1) is 5.92 Å². The average Bonchev–Trinajstić information content (AvgIpc) is 2.82. The van der Waals surface area contributed by atoms with Gasteiger partial charge in [0.15, 0.2) is 5.13 Å². The number of aromatic nitrogens is 1. The SMILES string of the molecule is C/C=C\CNc1ncc(Br)s1.CC#C/C=C(\C)NC(C)=O. The Bertz CT molecular complexity index is 553. The predicted molar refractivity (Wildman–Crippen MR) is 94.1 cm³/mol. The number of thiazole rings is 1. The number of nitrogens with zero attached hydrogens (tertiary/aromatic N) is 1. The summed E-state index contributed by atoms with van der Waals surface area (Å²) in [5.41, 5.74) is 0.779. The number of carbonyl (C=O) groups excluding carboxylic acids is 1. The van der Waals surface area contributed by atoms with Crippen molar-refractivity contribution in [2.45, 2.75) is 27.7 Å². The van der Waals surface area contributed by atoms with E-state index in [1.54, 1.807) is 37.5 Å². The van der Waals surface area contributed by atoms with Gasteiger partial charge in [-0.3, -0.25) is 4.79 Å². The maximum absolute atomic E-state index is 10.4. The molecule has 0 fully saturated rings. The van der Waals surface area contributed by atoms with Crippen molar-refractivity contribution in [3.8, 4) is 11.8 Å². The standard InChI is InChI=1S/C8H11NO.C7H9BrN2S/c1-4-5-6-7(2)9-8(3)10;1-2-3-4-9-7-10-5-6(8)11-7/h6H,1-3H3,(H,9,10);2-3,5H,4H2,1H3,(H,9,10)/b7-6+;3-2-. The van der Waals surface area contributed by atoms with E-state index in [4.69, 9.17) is 0 Å². The number of halogens is 1. The van der Waals surface area contributed by atoms with Gasteiger partial charge in [-0.05, 0) is 36.7 Å². The molecular weight excluding hydrogens is 350 g/mol. The zero-order valence-electron chi connectivity index (χ0n) is 12.7. The van der Waals surface area contributed by atoms with Crippen LogP contribution in [0.15, 0.2) is 33.9 Å². The third-order valence-corrected chi connectivity index (χ3v) is 3.32. The Morgan fingerprint density at radius 2 is 2.24 bits per heavy atom. The van der Waals surface area contributed by atoms with Crippen LogP contribution >= 0.6 is 27.3 Å². The topological polar surface area (TPSA) is 54.0 Å². The minimum atomic E-state index is -0.0633. The van der Waals surface area contributed by atoms with Gasteiger partial charge < -0.3 is 10.6 Å². The van der Waals surface area contributed by atoms with Crippen LogP contribution in [0.2, 0.25) is 0 Å². The molecule has 0 aliphatic carbocycles. The quantitative estimate of drug-likeness (QED) is 0.624. The summed E-state index contributed by atoms with van der Waals surface area (Å²) >= 11 is 4.94. The lowest BCUT2D eigenvalue weighted by Gasteiger charge is -1.96. The third-order valence-electron chi connectivity index (χ3n) is 1.89. The number of amides is 1. The molecule has 1 aromatic rings. The molecule has 1 amide bonds. The second-order valence-corrected chi connectivity index (χ2v) is 6.23. The van der Waals surface area contributed by atoms with Crippen LogP contribution in [0.4, 0.5) is 5.13 Å². The molecule has 0 saturated heterocycles. The zero-order chi connectivity index (χ0) is 16.1. The van der Waals surface area contributed by atoms with Crippen LogP contribution in [0.1, 0.15) is 27.7 Å². The van der Waals surface area contributed by atoms with Gasteiger partial charge in [0.2, 0.25) is 5.91 Å². The van der Waals surface area contributed by atoms with Gasteiger partial charge in [-0.1, -0.05) is 29.4 Å². The van der Waals surface area contributed by atoms with Crippen LogP contribution < -0.4 is 10.6 Å². The first-order valence-corrected chi connectivity index (χ1v) is 7.93. The van der Waals surface area contributed by atoms with Gasteiger partial charge in [0.25, 0.3) is 0 Å². The summed E-state index contributed by atoms with van der Waals surface area (Å²) in [6, 6.07) is 0. The van der Waals surface area contributed by atoms with E-state index in [0.29, 0.717) is 0 Å². The Hall–Kier alpha value is -1.58. The molecule has 0 radical (unpaired) electrons. The zero-order valence-corrected chi connectivity index (χ0v) is 15.1. The van der Waals surface area contributed by atoms with Crippen LogP contribution in [-0.2, 0) is 4.79 Å². The number of anilines is 1. The Labute approximate surface area is 138 Å². The molecule has 0 bridgehead atoms. The van der Waals surface area contributed by atoms with E-state index in [0.717, 1.165) is 21.2 Å². The first-order valence-electron chi connectivity index (χ1n) is 6.32. The molecule has 0 spiro atoms. The van der Waals surface area contributed by atoms with E-state index in [1.165, 1.54) is 6.92 Å². The molecule has 0 unspecified atom stereocenters. The Balaban J connectivity index is 0.000000384. The number of hydrogen-bond acceptors (Lipinski definition) is 4. The Kier molecular flexibility index (Phi) is 11.3. The highest BCUT2D eigenvalue weighted by atomic mass is 79.9. The molecular formula is C15H20BrN3OS. The van der Waals surface area contributed by atoms with Gasteiger partial charge >= 0.3 is 0 Å². The second-order valence-electron chi connectivity index (χ2n) is 3.82. The number of allylic oxidation sites excluding steroid dienone is 3. The van der Waals surface area contributed by atoms with Crippen molar-refractivity contribution in [2.75, 3.05) is 11.9 Å². The van der Waals surface area contributed by atoms with Gasteiger partial charge in [-0.25, -0.2) is 4.98 Å². The molecule has 4 nitrogen and oxygen atoms in total. The molecule has 114 valence electrons. The minimum absolute atomic E-state index is 0.0633. The molecule has 0 aromatic carbocycles. The molecule has 1 heterocycles. The largest absolute Gasteiger partial charge is 0.358 e. The summed E-state index contributed by atoms with van der Waals surface area (Å²) in [6.07, 6.45) is 7.52. The van der Waals surface area contributed by atoms with E-state index < -0.39 is 0 Å². The smallest absolute Gasteiger partial charge is 0.221 e. The van der Waals surface area contributed by atoms with Gasteiger partial charge in [0.05, 0.1) is 9.98 Å². The van der Waals surface area contributed by atoms with Crippen molar-refractivity contribution in [3.05, 3.63) is 33.9 Å². The molecule has 0 atom stereocenters. The number of hydrogen-bond donors (Lipinski definition) is 2. The molecule has 0 saturated carbocycles. The molecule has 6 heteroatoms. The molecule has 1 rings (SSSR count). The number of rotatable bonds is 4. The molecule has 0 aliphatic heterocycles. The van der Waals surface area contributed by atoms with E-state index >= 15 is 0 Å². The van der Waals surface area contributed by atoms with Gasteiger partial charge in [-0.2, -0.15) is 0 Å². The molecule has 0 aliphatic rings. The van der Waals surface area contributed by atoms with E-state index in [-0.39, 0.29) is 5.91 Å². The predicted octanol–water partition coefficient (Wildman–Crippen LogP) is 3.94. The van der Waals surface area contributed by atoms with Crippen molar-refractivity contribution >= 4 is 38.3 Å². The summed E-state index contributed by atoms with van der Waals surface area (Å²) in [4.78, 5) is 14.5. The van der Waals surface area contributed by atoms with Crippen LogP contribution in [0.5, 0.6) is 0 Å². The van der Waals surface area contributed by atoms with Crippen molar-refractivity contribution in [1.29, 1.82) is 0 Å². The summed E-state index contributed by atoms with van der Waals surface area (Å²) in [7, 11) is 0. The van der Waals surface area contributed by atoms with Crippen molar-refractivity contribution < 1.29 is 4.79 Å². The van der Waals surface area contributed by atoms with Gasteiger partial charge in [0, 0.05) is 25.2 Å². The monoisotopic (exact) mass is 369 g/mol. The summed E-state index contributed by atoms with van der Waals surface area (Å²) < 4.78 is 1.06. The van der Waals surface area contributed by atoms with Crippen LogP contribution in [0.25, 0.3) is 0 Å².